The minimum absolute atomic E-state index is 0.240. The number of fused-ring (bicyclic) bond motifs is 1. The van der Waals surface area contributed by atoms with E-state index in [1.807, 2.05) is 6.07 Å². The zero-order valence-electron chi connectivity index (χ0n) is 9.39. The standard InChI is InChI=1S/C15H9FO2/c16-13-6-2-5-12-8-14(18-15(12)13)11-4-1-3-10(7-11)9-17/h1-9H. The van der Waals surface area contributed by atoms with E-state index in [9.17, 15) is 9.18 Å². The second kappa shape index (κ2) is 4.11. The highest BCUT2D eigenvalue weighted by molar-refractivity contribution is 5.84. The molecule has 0 fully saturated rings. The van der Waals surface area contributed by atoms with Crippen LogP contribution in [0.2, 0.25) is 0 Å². The lowest BCUT2D eigenvalue weighted by Crippen LogP contribution is -1.80. The maximum atomic E-state index is 13.5. The fraction of sp³-hybridized carbons (Fsp3) is 0. The summed E-state index contributed by atoms with van der Waals surface area (Å²) < 4.78 is 19.0. The Balaban J connectivity index is 2.19. The van der Waals surface area contributed by atoms with Crippen molar-refractivity contribution in [3.8, 4) is 11.3 Å². The number of hydrogen-bond donors (Lipinski definition) is 0. The van der Waals surface area contributed by atoms with Gasteiger partial charge in [0.2, 0.25) is 0 Å². The molecule has 0 bridgehead atoms. The number of benzene rings is 2. The highest BCUT2D eigenvalue weighted by Crippen LogP contribution is 2.29. The normalized spacial score (nSPS) is 10.7. The molecule has 2 nitrogen and oxygen atoms in total. The minimum Gasteiger partial charge on any atom is -0.453 e. The van der Waals surface area contributed by atoms with Crippen LogP contribution in [0.5, 0.6) is 0 Å². The molecule has 0 aliphatic rings. The van der Waals surface area contributed by atoms with Crippen molar-refractivity contribution < 1.29 is 13.6 Å². The second-order valence-electron chi connectivity index (χ2n) is 4.01. The average molecular weight is 240 g/mol. The van der Waals surface area contributed by atoms with E-state index in [0.717, 1.165) is 11.8 Å². The third kappa shape index (κ3) is 1.70. The molecule has 0 spiro atoms. The molecule has 1 aromatic heterocycles. The lowest BCUT2D eigenvalue weighted by atomic mass is 10.1. The summed E-state index contributed by atoms with van der Waals surface area (Å²) in [7, 11) is 0. The molecule has 0 saturated heterocycles. The molecule has 3 aromatic rings. The Hall–Kier alpha value is -2.42. The number of carbonyl (C=O) groups excluding carboxylic acids is 1. The zero-order chi connectivity index (χ0) is 12.5. The van der Waals surface area contributed by atoms with Crippen LogP contribution in [0.3, 0.4) is 0 Å². The first-order valence-electron chi connectivity index (χ1n) is 5.51. The smallest absolute Gasteiger partial charge is 0.170 e. The van der Waals surface area contributed by atoms with Gasteiger partial charge in [0.25, 0.3) is 0 Å². The first-order chi connectivity index (χ1) is 8.78. The third-order valence-corrected chi connectivity index (χ3v) is 2.80. The molecule has 0 amide bonds. The Morgan fingerprint density at radius 2 is 1.89 bits per heavy atom. The molecule has 88 valence electrons. The lowest BCUT2D eigenvalue weighted by Gasteiger charge is -1.96. The molecule has 0 unspecified atom stereocenters. The summed E-state index contributed by atoms with van der Waals surface area (Å²) in [6.45, 7) is 0. The van der Waals surface area contributed by atoms with Gasteiger partial charge in [0.15, 0.2) is 11.4 Å². The SMILES string of the molecule is O=Cc1cccc(-c2cc3cccc(F)c3o2)c1. The van der Waals surface area contributed by atoms with Crippen LogP contribution >= 0.6 is 0 Å². The Labute approximate surface area is 103 Å². The van der Waals surface area contributed by atoms with Crippen LogP contribution in [0.4, 0.5) is 4.39 Å². The number of aldehydes is 1. The van der Waals surface area contributed by atoms with E-state index in [1.165, 1.54) is 6.07 Å². The molecule has 0 atom stereocenters. The number of carbonyl (C=O) groups is 1. The molecule has 0 aliphatic carbocycles. The Kier molecular flexibility index (Phi) is 2.45. The lowest BCUT2D eigenvalue weighted by molar-refractivity contribution is 0.112. The van der Waals surface area contributed by atoms with Gasteiger partial charge in [-0.1, -0.05) is 30.3 Å². The van der Waals surface area contributed by atoms with E-state index < -0.39 is 0 Å². The van der Waals surface area contributed by atoms with E-state index in [4.69, 9.17) is 4.42 Å². The van der Waals surface area contributed by atoms with E-state index in [0.29, 0.717) is 16.7 Å². The number of halogens is 1. The van der Waals surface area contributed by atoms with Crippen molar-refractivity contribution in [1.29, 1.82) is 0 Å². The van der Waals surface area contributed by atoms with Gasteiger partial charge in [0, 0.05) is 16.5 Å². The predicted octanol–water partition coefficient (Wildman–Crippen LogP) is 4.05. The summed E-state index contributed by atoms with van der Waals surface area (Å²) in [6, 6.07) is 13.6. The van der Waals surface area contributed by atoms with Gasteiger partial charge in [-0.3, -0.25) is 4.79 Å². The van der Waals surface area contributed by atoms with Crippen LogP contribution in [-0.4, -0.2) is 6.29 Å². The molecular weight excluding hydrogens is 231 g/mol. The molecule has 18 heavy (non-hydrogen) atoms. The van der Waals surface area contributed by atoms with E-state index >= 15 is 0 Å². The van der Waals surface area contributed by atoms with Crippen molar-refractivity contribution in [3.05, 3.63) is 59.9 Å². The Bertz CT molecular complexity index is 728. The van der Waals surface area contributed by atoms with E-state index in [2.05, 4.69) is 0 Å². The van der Waals surface area contributed by atoms with Gasteiger partial charge in [-0.15, -0.1) is 0 Å². The van der Waals surface area contributed by atoms with Crippen molar-refractivity contribution in [2.24, 2.45) is 0 Å². The number of rotatable bonds is 2. The van der Waals surface area contributed by atoms with Crippen molar-refractivity contribution in [3.63, 3.8) is 0 Å². The summed E-state index contributed by atoms with van der Waals surface area (Å²) in [5, 5.41) is 0.710. The van der Waals surface area contributed by atoms with Crippen molar-refractivity contribution in [1.82, 2.24) is 0 Å². The molecule has 3 heteroatoms. The number of hydrogen-bond acceptors (Lipinski definition) is 2. The van der Waals surface area contributed by atoms with Crippen LogP contribution in [0, 0.1) is 5.82 Å². The van der Waals surface area contributed by atoms with Crippen molar-refractivity contribution in [2.45, 2.75) is 0 Å². The second-order valence-corrected chi connectivity index (χ2v) is 4.01. The fourth-order valence-electron chi connectivity index (χ4n) is 1.94. The summed E-state index contributed by atoms with van der Waals surface area (Å²) in [6.07, 6.45) is 0.771. The summed E-state index contributed by atoms with van der Waals surface area (Å²) in [5.74, 6) is 0.170. The summed E-state index contributed by atoms with van der Waals surface area (Å²) in [4.78, 5) is 10.7. The molecule has 0 radical (unpaired) electrons. The third-order valence-electron chi connectivity index (χ3n) is 2.80. The maximum Gasteiger partial charge on any atom is 0.170 e. The highest BCUT2D eigenvalue weighted by Gasteiger charge is 2.09. The van der Waals surface area contributed by atoms with Crippen molar-refractivity contribution in [2.75, 3.05) is 0 Å². The van der Waals surface area contributed by atoms with Gasteiger partial charge in [0.1, 0.15) is 12.0 Å². The summed E-state index contributed by atoms with van der Waals surface area (Å²) in [5.41, 5.74) is 1.56. The molecule has 0 N–H and O–H groups in total. The Morgan fingerprint density at radius 1 is 1.06 bits per heavy atom. The van der Waals surface area contributed by atoms with Crippen LogP contribution in [0.25, 0.3) is 22.3 Å². The molecule has 3 rings (SSSR count). The predicted molar refractivity (Wildman–Crippen MR) is 67.0 cm³/mol. The van der Waals surface area contributed by atoms with E-state index in [1.54, 1.807) is 36.4 Å². The van der Waals surface area contributed by atoms with Gasteiger partial charge in [0.05, 0.1) is 0 Å². The quantitative estimate of drug-likeness (QED) is 0.632. The van der Waals surface area contributed by atoms with Gasteiger partial charge in [-0.2, -0.15) is 0 Å². The van der Waals surface area contributed by atoms with Crippen LogP contribution in [0.15, 0.2) is 52.9 Å². The number of para-hydroxylation sites is 1. The zero-order valence-corrected chi connectivity index (χ0v) is 9.39. The molecule has 2 aromatic carbocycles. The van der Waals surface area contributed by atoms with E-state index in [-0.39, 0.29) is 11.4 Å². The minimum atomic E-state index is -0.384. The van der Waals surface area contributed by atoms with Gasteiger partial charge in [-0.05, 0) is 18.2 Å². The average Bonchev–Trinajstić information content (AvgIpc) is 2.84. The van der Waals surface area contributed by atoms with Gasteiger partial charge < -0.3 is 4.42 Å². The molecule has 0 saturated carbocycles. The van der Waals surface area contributed by atoms with Gasteiger partial charge >= 0.3 is 0 Å². The first-order valence-corrected chi connectivity index (χ1v) is 5.51. The van der Waals surface area contributed by atoms with Crippen LogP contribution in [-0.2, 0) is 0 Å². The van der Waals surface area contributed by atoms with Crippen LogP contribution < -0.4 is 0 Å². The van der Waals surface area contributed by atoms with Crippen LogP contribution in [0.1, 0.15) is 10.4 Å². The monoisotopic (exact) mass is 240 g/mol. The maximum absolute atomic E-state index is 13.5. The molecule has 0 aliphatic heterocycles. The highest BCUT2D eigenvalue weighted by atomic mass is 19.1. The topological polar surface area (TPSA) is 30.2 Å². The molecular formula is C15H9FO2. The fourth-order valence-corrected chi connectivity index (χ4v) is 1.94. The Morgan fingerprint density at radius 3 is 2.67 bits per heavy atom. The first kappa shape index (κ1) is 10.7. The molecule has 1 heterocycles. The number of furan rings is 1. The van der Waals surface area contributed by atoms with Crippen molar-refractivity contribution >= 4 is 17.3 Å². The summed E-state index contributed by atoms with van der Waals surface area (Å²) >= 11 is 0. The van der Waals surface area contributed by atoms with Gasteiger partial charge in [-0.25, -0.2) is 4.39 Å². The largest absolute Gasteiger partial charge is 0.453 e.